The van der Waals surface area contributed by atoms with E-state index in [0.717, 1.165) is 10.4 Å². The Kier molecular flexibility index (Phi) is 5.57. The van der Waals surface area contributed by atoms with Crippen molar-refractivity contribution in [2.75, 3.05) is 6.61 Å². The monoisotopic (exact) mass is 375 g/mol. The van der Waals surface area contributed by atoms with Crippen LogP contribution in [0.15, 0.2) is 59.3 Å². The average Bonchev–Trinajstić information content (AvgIpc) is 3.31. The minimum atomic E-state index is -0.528. The van der Waals surface area contributed by atoms with Gasteiger partial charge in [-0.25, -0.2) is 9.18 Å². The van der Waals surface area contributed by atoms with Gasteiger partial charge in [-0.05, 0) is 40.6 Å². The SMILES string of the molecule is O=C(COC(=O)c1cccs1)N[C@H](c1ccc(F)cc1)c1cccs1. The van der Waals surface area contributed by atoms with E-state index in [2.05, 4.69) is 5.32 Å². The number of carbonyl (C=O) groups excluding carboxylic acids is 2. The quantitative estimate of drug-likeness (QED) is 0.662. The first-order valence-electron chi connectivity index (χ1n) is 7.42. The van der Waals surface area contributed by atoms with E-state index in [0.29, 0.717) is 4.88 Å². The van der Waals surface area contributed by atoms with Crippen LogP contribution in [0.3, 0.4) is 0 Å². The van der Waals surface area contributed by atoms with Crippen molar-refractivity contribution >= 4 is 34.6 Å². The second-order valence-electron chi connectivity index (χ2n) is 5.12. The maximum absolute atomic E-state index is 13.2. The van der Waals surface area contributed by atoms with Gasteiger partial charge >= 0.3 is 5.97 Å². The van der Waals surface area contributed by atoms with Crippen LogP contribution in [0.1, 0.15) is 26.2 Å². The third-order valence-corrected chi connectivity index (χ3v) is 5.18. The molecule has 1 N–H and O–H groups in total. The van der Waals surface area contributed by atoms with Gasteiger partial charge in [0.2, 0.25) is 0 Å². The molecular weight excluding hydrogens is 361 g/mol. The lowest BCUT2D eigenvalue weighted by molar-refractivity contribution is -0.124. The van der Waals surface area contributed by atoms with Gasteiger partial charge in [0.15, 0.2) is 6.61 Å². The molecule has 3 rings (SSSR count). The van der Waals surface area contributed by atoms with Crippen molar-refractivity contribution in [3.8, 4) is 0 Å². The van der Waals surface area contributed by atoms with Crippen molar-refractivity contribution in [3.05, 3.63) is 80.4 Å². The lowest BCUT2D eigenvalue weighted by Crippen LogP contribution is -2.32. The number of esters is 1. The number of halogens is 1. The molecule has 0 spiro atoms. The van der Waals surface area contributed by atoms with E-state index in [4.69, 9.17) is 4.74 Å². The minimum Gasteiger partial charge on any atom is -0.451 e. The van der Waals surface area contributed by atoms with Gasteiger partial charge < -0.3 is 10.1 Å². The molecule has 1 aromatic carbocycles. The molecule has 0 saturated carbocycles. The number of nitrogens with one attached hydrogen (secondary N) is 1. The van der Waals surface area contributed by atoms with Crippen LogP contribution in [0.25, 0.3) is 0 Å². The first-order chi connectivity index (χ1) is 12.1. The normalized spacial score (nSPS) is 11.7. The lowest BCUT2D eigenvalue weighted by atomic mass is 10.1. The van der Waals surface area contributed by atoms with Crippen LogP contribution < -0.4 is 5.32 Å². The Morgan fingerprint density at radius 3 is 2.40 bits per heavy atom. The number of carbonyl (C=O) groups is 2. The molecule has 0 radical (unpaired) electrons. The molecule has 1 amide bonds. The molecule has 0 aliphatic heterocycles. The molecule has 7 heteroatoms. The third kappa shape index (κ3) is 4.52. The van der Waals surface area contributed by atoms with E-state index in [-0.39, 0.29) is 12.4 Å². The topological polar surface area (TPSA) is 55.4 Å². The van der Waals surface area contributed by atoms with Gasteiger partial charge in [-0.2, -0.15) is 0 Å². The first kappa shape index (κ1) is 17.3. The van der Waals surface area contributed by atoms with Gasteiger partial charge in [0, 0.05) is 4.88 Å². The largest absolute Gasteiger partial charge is 0.451 e. The van der Waals surface area contributed by atoms with Crippen molar-refractivity contribution in [1.82, 2.24) is 5.32 Å². The molecule has 0 saturated heterocycles. The Labute approximate surface area is 151 Å². The van der Waals surface area contributed by atoms with Crippen LogP contribution in [-0.4, -0.2) is 18.5 Å². The Morgan fingerprint density at radius 2 is 1.76 bits per heavy atom. The Morgan fingerprint density at radius 1 is 1.04 bits per heavy atom. The molecule has 2 aromatic heterocycles. The predicted octanol–water partition coefficient (Wildman–Crippen LogP) is 4.01. The molecule has 0 bridgehead atoms. The highest BCUT2D eigenvalue weighted by atomic mass is 32.1. The molecule has 0 aliphatic rings. The molecule has 3 aromatic rings. The minimum absolute atomic E-state index is 0.343. The van der Waals surface area contributed by atoms with Crippen molar-refractivity contribution < 1.29 is 18.7 Å². The predicted molar refractivity (Wildman–Crippen MR) is 95.3 cm³/mol. The highest BCUT2D eigenvalue weighted by Crippen LogP contribution is 2.26. The maximum atomic E-state index is 13.2. The standard InChI is InChI=1S/C18H14FNO3S2/c19-13-7-5-12(6-8-13)17(14-3-1-9-24-14)20-16(21)11-23-18(22)15-4-2-10-25-15/h1-10,17H,11H2,(H,20,21)/t17-/m1/s1. The molecule has 4 nitrogen and oxygen atoms in total. The summed E-state index contributed by atoms with van der Waals surface area (Å²) in [5, 5.41) is 6.49. The average molecular weight is 375 g/mol. The number of rotatable bonds is 6. The van der Waals surface area contributed by atoms with Crippen molar-refractivity contribution in [2.45, 2.75) is 6.04 Å². The second kappa shape index (κ2) is 8.04. The van der Waals surface area contributed by atoms with Crippen LogP contribution in [0.2, 0.25) is 0 Å². The van der Waals surface area contributed by atoms with Crippen LogP contribution in [0.5, 0.6) is 0 Å². The zero-order valence-electron chi connectivity index (χ0n) is 13.0. The fraction of sp³-hybridized carbons (Fsp3) is 0.111. The van der Waals surface area contributed by atoms with Crippen molar-refractivity contribution in [1.29, 1.82) is 0 Å². The van der Waals surface area contributed by atoms with Crippen LogP contribution in [-0.2, 0) is 9.53 Å². The van der Waals surface area contributed by atoms with Crippen molar-refractivity contribution in [3.63, 3.8) is 0 Å². The summed E-state index contributed by atoms with van der Waals surface area (Å²) in [7, 11) is 0. The molecule has 0 fully saturated rings. The summed E-state index contributed by atoms with van der Waals surface area (Å²) < 4.78 is 18.2. The summed E-state index contributed by atoms with van der Waals surface area (Å²) in [5.74, 6) is -1.29. The van der Waals surface area contributed by atoms with E-state index in [1.54, 1.807) is 29.6 Å². The van der Waals surface area contributed by atoms with E-state index in [1.807, 2.05) is 17.5 Å². The second-order valence-corrected chi connectivity index (χ2v) is 7.05. The van der Waals surface area contributed by atoms with Gasteiger partial charge in [0.25, 0.3) is 5.91 Å². The Hall–Kier alpha value is -2.51. The summed E-state index contributed by atoms with van der Waals surface area (Å²) in [4.78, 5) is 25.4. The third-order valence-electron chi connectivity index (χ3n) is 3.39. The van der Waals surface area contributed by atoms with Crippen molar-refractivity contribution in [2.24, 2.45) is 0 Å². The highest BCUT2D eigenvalue weighted by Gasteiger charge is 2.19. The zero-order valence-corrected chi connectivity index (χ0v) is 14.6. The molecule has 0 unspecified atom stereocenters. The zero-order chi connectivity index (χ0) is 17.6. The lowest BCUT2D eigenvalue weighted by Gasteiger charge is -2.18. The number of benzene rings is 1. The van der Waals surface area contributed by atoms with E-state index in [1.165, 1.54) is 34.8 Å². The maximum Gasteiger partial charge on any atom is 0.348 e. The molecule has 128 valence electrons. The molecule has 2 heterocycles. The molecule has 0 aliphatic carbocycles. The number of ether oxygens (including phenoxy) is 1. The number of hydrogen-bond donors (Lipinski definition) is 1. The van der Waals surface area contributed by atoms with Gasteiger partial charge in [0.05, 0.1) is 6.04 Å². The molecule has 1 atom stereocenters. The highest BCUT2D eigenvalue weighted by molar-refractivity contribution is 7.12. The first-order valence-corrected chi connectivity index (χ1v) is 9.18. The number of amides is 1. The summed E-state index contributed by atoms with van der Waals surface area (Å²) >= 11 is 2.73. The van der Waals surface area contributed by atoms with Gasteiger partial charge in [-0.15, -0.1) is 22.7 Å². The van der Waals surface area contributed by atoms with E-state index >= 15 is 0 Å². The summed E-state index contributed by atoms with van der Waals surface area (Å²) in [6, 6.07) is 12.7. The number of thiophene rings is 2. The molecular formula is C18H14FNO3S2. The summed E-state index contributed by atoms with van der Waals surface area (Å²) in [6.07, 6.45) is 0. The van der Waals surface area contributed by atoms with Crippen LogP contribution >= 0.6 is 22.7 Å². The van der Waals surface area contributed by atoms with Crippen LogP contribution in [0.4, 0.5) is 4.39 Å². The number of hydrogen-bond acceptors (Lipinski definition) is 5. The van der Waals surface area contributed by atoms with E-state index in [9.17, 15) is 14.0 Å². The summed E-state index contributed by atoms with van der Waals surface area (Å²) in [6.45, 7) is -0.375. The van der Waals surface area contributed by atoms with Gasteiger partial charge in [-0.1, -0.05) is 24.3 Å². The Bertz CT molecular complexity index is 830. The fourth-order valence-electron chi connectivity index (χ4n) is 2.23. The van der Waals surface area contributed by atoms with Crippen LogP contribution in [0, 0.1) is 5.82 Å². The smallest absolute Gasteiger partial charge is 0.348 e. The van der Waals surface area contributed by atoms with Gasteiger partial charge in [0.1, 0.15) is 10.7 Å². The molecule has 25 heavy (non-hydrogen) atoms. The Balaban J connectivity index is 1.67. The van der Waals surface area contributed by atoms with E-state index < -0.39 is 17.9 Å². The fourth-order valence-corrected chi connectivity index (χ4v) is 3.65. The summed E-state index contributed by atoms with van der Waals surface area (Å²) in [5.41, 5.74) is 0.752. The van der Waals surface area contributed by atoms with Gasteiger partial charge in [-0.3, -0.25) is 4.79 Å².